The monoisotopic (exact) mass is 294 g/mol. The Morgan fingerprint density at radius 3 is 2.91 bits per heavy atom. The first-order valence-electron chi connectivity index (χ1n) is 6.59. The number of cyclic esters (lactones) is 1. The van der Waals surface area contributed by atoms with Gasteiger partial charge in [0.2, 0.25) is 0 Å². The topological polar surface area (TPSA) is 82.5 Å². The lowest BCUT2D eigenvalue weighted by Crippen LogP contribution is -1.92. The summed E-state index contributed by atoms with van der Waals surface area (Å²) < 4.78 is 12.2. The van der Waals surface area contributed by atoms with Gasteiger partial charge in [-0.25, -0.2) is 9.47 Å². The van der Waals surface area contributed by atoms with Crippen LogP contribution in [0.2, 0.25) is 0 Å². The van der Waals surface area contributed by atoms with Crippen molar-refractivity contribution >= 4 is 12.2 Å². The highest BCUT2D eigenvalue weighted by Gasteiger charge is 2.21. The fourth-order valence-corrected chi connectivity index (χ4v) is 2.24. The molecule has 1 aliphatic rings. The summed E-state index contributed by atoms with van der Waals surface area (Å²) >= 11 is 0. The van der Waals surface area contributed by atoms with Crippen molar-refractivity contribution in [2.45, 2.75) is 6.61 Å². The van der Waals surface area contributed by atoms with E-state index < -0.39 is 0 Å². The van der Waals surface area contributed by atoms with Gasteiger partial charge in [-0.3, -0.25) is 0 Å². The number of ether oxygens (including phenoxy) is 1. The number of rotatable bonds is 3. The molecule has 3 heterocycles. The van der Waals surface area contributed by atoms with Crippen molar-refractivity contribution in [3.8, 4) is 11.3 Å². The highest BCUT2D eigenvalue weighted by atomic mass is 16.5. The molecule has 0 amide bonds. The maximum absolute atomic E-state index is 11.4. The Labute approximate surface area is 124 Å². The van der Waals surface area contributed by atoms with Crippen LogP contribution in [0.25, 0.3) is 11.3 Å². The molecule has 1 aromatic carbocycles. The van der Waals surface area contributed by atoms with Crippen molar-refractivity contribution in [2.24, 2.45) is 5.10 Å². The van der Waals surface area contributed by atoms with Crippen molar-refractivity contribution in [1.29, 1.82) is 0 Å². The van der Waals surface area contributed by atoms with Gasteiger partial charge in [-0.15, -0.1) is 10.2 Å². The second-order valence-electron chi connectivity index (χ2n) is 4.74. The lowest BCUT2D eigenvalue weighted by Gasteiger charge is -1.99. The van der Waals surface area contributed by atoms with Gasteiger partial charge in [0, 0.05) is 11.1 Å². The molecular formula is C15H10N4O3. The van der Waals surface area contributed by atoms with E-state index >= 15 is 0 Å². The molecule has 7 nitrogen and oxygen atoms in total. The van der Waals surface area contributed by atoms with Crippen molar-refractivity contribution in [3.05, 3.63) is 59.9 Å². The van der Waals surface area contributed by atoms with E-state index in [-0.39, 0.29) is 5.97 Å². The van der Waals surface area contributed by atoms with Gasteiger partial charge in [-0.1, -0.05) is 6.07 Å². The minimum atomic E-state index is -0.275. The Morgan fingerprint density at radius 1 is 1.18 bits per heavy atom. The molecule has 0 fully saturated rings. The Morgan fingerprint density at radius 2 is 2.05 bits per heavy atom. The third-order valence-corrected chi connectivity index (χ3v) is 3.32. The van der Waals surface area contributed by atoms with Crippen LogP contribution in [0, 0.1) is 0 Å². The summed E-state index contributed by atoms with van der Waals surface area (Å²) in [6, 6.07) is 9.17. The molecule has 0 atom stereocenters. The van der Waals surface area contributed by atoms with E-state index in [2.05, 4.69) is 15.3 Å². The number of furan rings is 1. The predicted octanol–water partition coefficient (Wildman–Crippen LogP) is 2.09. The first kappa shape index (κ1) is 12.5. The molecule has 1 aliphatic heterocycles. The Bertz CT molecular complexity index is 865. The number of carbonyl (C=O) groups excluding carboxylic acids is 1. The quantitative estimate of drug-likeness (QED) is 0.545. The SMILES string of the molecule is O=C1OCc2cc(-c3ccc(/C=N\n4cnnc4)o3)ccc21. The molecule has 0 aliphatic carbocycles. The van der Waals surface area contributed by atoms with E-state index in [9.17, 15) is 4.79 Å². The second-order valence-corrected chi connectivity index (χ2v) is 4.74. The third kappa shape index (κ3) is 2.18. The van der Waals surface area contributed by atoms with E-state index in [4.69, 9.17) is 9.15 Å². The number of fused-ring (bicyclic) bond motifs is 1. The lowest BCUT2D eigenvalue weighted by atomic mass is 10.0. The third-order valence-electron chi connectivity index (χ3n) is 3.32. The van der Waals surface area contributed by atoms with Crippen LogP contribution in [0.15, 0.2) is 52.5 Å². The van der Waals surface area contributed by atoms with E-state index in [1.165, 1.54) is 17.3 Å². The van der Waals surface area contributed by atoms with Gasteiger partial charge >= 0.3 is 5.97 Å². The van der Waals surface area contributed by atoms with Crippen molar-refractivity contribution in [1.82, 2.24) is 14.9 Å². The predicted molar refractivity (Wildman–Crippen MR) is 76.3 cm³/mol. The number of aromatic nitrogens is 3. The summed E-state index contributed by atoms with van der Waals surface area (Å²) in [5, 5.41) is 11.4. The molecule has 3 aromatic rings. The maximum Gasteiger partial charge on any atom is 0.338 e. The molecular weight excluding hydrogens is 284 g/mol. The van der Waals surface area contributed by atoms with Crippen LogP contribution in [0.5, 0.6) is 0 Å². The lowest BCUT2D eigenvalue weighted by molar-refractivity contribution is 0.0535. The zero-order valence-electron chi connectivity index (χ0n) is 11.3. The number of hydrogen-bond donors (Lipinski definition) is 0. The summed E-state index contributed by atoms with van der Waals surface area (Å²) in [6.07, 6.45) is 4.54. The highest BCUT2D eigenvalue weighted by molar-refractivity contribution is 5.94. The zero-order valence-corrected chi connectivity index (χ0v) is 11.3. The van der Waals surface area contributed by atoms with Gasteiger partial charge in [0.25, 0.3) is 0 Å². The second kappa shape index (κ2) is 4.96. The molecule has 7 heteroatoms. The summed E-state index contributed by atoms with van der Waals surface area (Å²) in [5.41, 5.74) is 2.38. The van der Waals surface area contributed by atoms with Gasteiger partial charge in [-0.05, 0) is 24.3 Å². The molecule has 2 aromatic heterocycles. The molecule has 108 valence electrons. The average Bonchev–Trinajstić information content (AvgIpc) is 3.26. The minimum absolute atomic E-state index is 0.275. The van der Waals surface area contributed by atoms with Crippen LogP contribution >= 0.6 is 0 Å². The first-order chi connectivity index (χ1) is 10.8. The summed E-state index contributed by atoms with van der Waals surface area (Å²) in [6.45, 7) is 0.310. The Kier molecular flexibility index (Phi) is 2.82. The largest absolute Gasteiger partial charge is 0.457 e. The molecule has 4 rings (SSSR count). The van der Waals surface area contributed by atoms with Crippen LogP contribution in [0.3, 0.4) is 0 Å². The number of hydrogen-bond acceptors (Lipinski definition) is 6. The van der Waals surface area contributed by atoms with Crippen molar-refractivity contribution < 1.29 is 13.9 Å². The van der Waals surface area contributed by atoms with E-state index in [0.29, 0.717) is 23.7 Å². The van der Waals surface area contributed by atoms with Crippen molar-refractivity contribution in [3.63, 3.8) is 0 Å². The van der Waals surface area contributed by atoms with Gasteiger partial charge in [0.15, 0.2) is 0 Å². The number of benzene rings is 1. The molecule has 0 N–H and O–H groups in total. The van der Waals surface area contributed by atoms with E-state index in [1.807, 2.05) is 24.3 Å². The van der Waals surface area contributed by atoms with Gasteiger partial charge < -0.3 is 9.15 Å². The number of esters is 1. The number of carbonyl (C=O) groups is 1. The van der Waals surface area contributed by atoms with Gasteiger partial charge in [-0.2, -0.15) is 5.10 Å². The van der Waals surface area contributed by atoms with Crippen LogP contribution in [-0.2, 0) is 11.3 Å². The minimum Gasteiger partial charge on any atom is -0.457 e. The van der Waals surface area contributed by atoms with Crippen molar-refractivity contribution in [2.75, 3.05) is 0 Å². The molecule has 0 spiro atoms. The van der Waals surface area contributed by atoms with Gasteiger partial charge in [0.05, 0.1) is 11.8 Å². The summed E-state index contributed by atoms with van der Waals surface area (Å²) in [7, 11) is 0. The fourth-order valence-electron chi connectivity index (χ4n) is 2.24. The van der Waals surface area contributed by atoms with Crippen LogP contribution in [0.1, 0.15) is 21.7 Å². The summed E-state index contributed by atoms with van der Waals surface area (Å²) in [4.78, 5) is 11.4. The normalized spacial score (nSPS) is 13.5. The smallest absolute Gasteiger partial charge is 0.338 e. The number of nitrogens with zero attached hydrogens (tertiary/aromatic N) is 4. The van der Waals surface area contributed by atoms with E-state index in [1.54, 1.807) is 12.3 Å². The maximum atomic E-state index is 11.4. The molecule has 0 bridgehead atoms. The zero-order chi connectivity index (χ0) is 14.9. The molecule has 0 saturated carbocycles. The highest BCUT2D eigenvalue weighted by Crippen LogP contribution is 2.27. The summed E-state index contributed by atoms with van der Waals surface area (Å²) in [5.74, 6) is 1.03. The molecule has 0 radical (unpaired) electrons. The Hall–Kier alpha value is -3.22. The van der Waals surface area contributed by atoms with Gasteiger partial charge in [0.1, 0.15) is 30.8 Å². The average molecular weight is 294 g/mol. The standard InChI is InChI=1S/C15H10N4O3/c20-15-13-3-1-10(5-11(13)7-21-15)14-4-2-12(22-14)6-18-19-8-16-17-9-19/h1-6,8-9H,7H2/b18-6-. The van der Waals surface area contributed by atoms with E-state index in [0.717, 1.165) is 11.1 Å². The molecule has 0 saturated heterocycles. The Balaban J connectivity index is 1.60. The van der Waals surface area contributed by atoms with Crippen LogP contribution < -0.4 is 0 Å². The molecule has 22 heavy (non-hydrogen) atoms. The fraction of sp³-hybridized carbons (Fsp3) is 0.0667. The van der Waals surface area contributed by atoms with Crippen LogP contribution in [-0.4, -0.2) is 27.1 Å². The first-order valence-corrected chi connectivity index (χ1v) is 6.59. The van der Waals surface area contributed by atoms with Crippen LogP contribution in [0.4, 0.5) is 0 Å². The molecule has 0 unspecified atom stereocenters.